The normalized spacial score (nSPS) is 11.0. The molecule has 3 nitrogen and oxygen atoms in total. The Bertz CT molecular complexity index is 349. The Balaban J connectivity index is 2.51. The second-order valence-electron chi connectivity index (χ2n) is 2.32. The Kier molecular flexibility index (Phi) is 1.63. The van der Waals surface area contributed by atoms with E-state index in [0.717, 1.165) is 12.2 Å². The predicted octanol–water partition coefficient (Wildman–Crippen LogP) is 0.897. The molecular weight excluding hydrogens is 158 g/mol. The molecule has 0 bridgehead atoms. The van der Waals surface area contributed by atoms with Gasteiger partial charge in [-0.05, 0) is 6.54 Å². The standard InChI is InChI=1S/C7H9N3S/c8-2-1-6-9-5-7-10(6)3-4-11-7/h3-5H,1-2,8H2. The Morgan fingerprint density at radius 3 is 3.36 bits per heavy atom. The van der Waals surface area contributed by atoms with Crippen molar-refractivity contribution in [3.05, 3.63) is 23.6 Å². The molecule has 2 heterocycles. The number of imidazole rings is 1. The van der Waals surface area contributed by atoms with Crippen molar-refractivity contribution in [2.45, 2.75) is 6.42 Å². The SMILES string of the molecule is NCCc1ncc2sccn12. The maximum atomic E-state index is 5.43. The summed E-state index contributed by atoms with van der Waals surface area (Å²) >= 11 is 1.69. The van der Waals surface area contributed by atoms with Crippen molar-refractivity contribution in [2.75, 3.05) is 6.54 Å². The average molecular weight is 167 g/mol. The highest BCUT2D eigenvalue weighted by molar-refractivity contribution is 7.15. The van der Waals surface area contributed by atoms with Gasteiger partial charge in [0.25, 0.3) is 0 Å². The Labute approximate surface area is 68.5 Å². The fraction of sp³-hybridized carbons (Fsp3) is 0.286. The van der Waals surface area contributed by atoms with Gasteiger partial charge in [0.1, 0.15) is 10.7 Å². The molecule has 0 spiro atoms. The number of hydrogen-bond acceptors (Lipinski definition) is 3. The van der Waals surface area contributed by atoms with Crippen LogP contribution in [0.2, 0.25) is 0 Å². The molecule has 0 atom stereocenters. The Hall–Kier alpha value is -0.870. The van der Waals surface area contributed by atoms with E-state index in [2.05, 4.69) is 14.8 Å². The Morgan fingerprint density at radius 1 is 1.64 bits per heavy atom. The quantitative estimate of drug-likeness (QED) is 0.722. The van der Waals surface area contributed by atoms with Crippen LogP contribution < -0.4 is 5.73 Å². The third kappa shape index (κ3) is 1.04. The third-order valence-corrected chi connectivity index (χ3v) is 2.41. The molecule has 2 N–H and O–H groups in total. The summed E-state index contributed by atoms with van der Waals surface area (Å²) in [7, 11) is 0. The van der Waals surface area contributed by atoms with Gasteiger partial charge in [0, 0.05) is 18.0 Å². The maximum Gasteiger partial charge on any atom is 0.119 e. The first-order chi connectivity index (χ1) is 5.42. The molecule has 0 aromatic carbocycles. The van der Waals surface area contributed by atoms with E-state index in [-0.39, 0.29) is 0 Å². The van der Waals surface area contributed by atoms with Crippen LogP contribution in [0.1, 0.15) is 5.82 Å². The minimum atomic E-state index is 0.662. The highest BCUT2D eigenvalue weighted by Crippen LogP contribution is 2.12. The molecule has 0 radical (unpaired) electrons. The topological polar surface area (TPSA) is 43.3 Å². The number of rotatable bonds is 2. The van der Waals surface area contributed by atoms with Crippen LogP contribution in [-0.2, 0) is 6.42 Å². The summed E-state index contributed by atoms with van der Waals surface area (Å²) < 4.78 is 2.08. The van der Waals surface area contributed by atoms with E-state index < -0.39 is 0 Å². The maximum absolute atomic E-state index is 5.43. The highest BCUT2D eigenvalue weighted by Gasteiger charge is 2.01. The molecule has 4 heteroatoms. The van der Waals surface area contributed by atoms with Gasteiger partial charge in [-0.1, -0.05) is 0 Å². The molecule has 0 unspecified atom stereocenters. The molecule has 0 amide bonds. The van der Waals surface area contributed by atoms with Crippen molar-refractivity contribution in [2.24, 2.45) is 5.73 Å². The fourth-order valence-electron chi connectivity index (χ4n) is 1.10. The minimum Gasteiger partial charge on any atom is -0.330 e. The number of aromatic nitrogens is 2. The molecule has 0 saturated heterocycles. The number of fused-ring (bicyclic) bond motifs is 1. The van der Waals surface area contributed by atoms with Crippen LogP contribution >= 0.6 is 11.3 Å². The second kappa shape index (κ2) is 2.64. The van der Waals surface area contributed by atoms with Crippen LogP contribution in [0, 0.1) is 0 Å². The van der Waals surface area contributed by atoms with Gasteiger partial charge in [-0.2, -0.15) is 0 Å². The molecule has 0 aliphatic heterocycles. The van der Waals surface area contributed by atoms with Gasteiger partial charge in [-0.3, -0.25) is 4.40 Å². The van der Waals surface area contributed by atoms with Crippen LogP contribution in [0.3, 0.4) is 0 Å². The molecular formula is C7H9N3S. The second-order valence-corrected chi connectivity index (χ2v) is 3.25. The first kappa shape index (κ1) is 6.82. The van der Waals surface area contributed by atoms with Crippen molar-refractivity contribution in [1.82, 2.24) is 9.38 Å². The average Bonchev–Trinajstić information content (AvgIpc) is 2.53. The molecule has 2 aromatic rings. The van der Waals surface area contributed by atoms with Gasteiger partial charge < -0.3 is 5.73 Å². The largest absolute Gasteiger partial charge is 0.330 e. The van der Waals surface area contributed by atoms with Crippen LogP contribution in [-0.4, -0.2) is 15.9 Å². The monoisotopic (exact) mass is 167 g/mol. The van der Waals surface area contributed by atoms with E-state index in [9.17, 15) is 0 Å². The van der Waals surface area contributed by atoms with E-state index >= 15 is 0 Å². The molecule has 0 saturated carbocycles. The number of hydrogen-bond donors (Lipinski definition) is 1. The van der Waals surface area contributed by atoms with Crippen molar-refractivity contribution < 1.29 is 0 Å². The third-order valence-electron chi connectivity index (χ3n) is 1.61. The van der Waals surface area contributed by atoms with Crippen molar-refractivity contribution >= 4 is 16.2 Å². The van der Waals surface area contributed by atoms with Crippen molar-refractivity contribution in [3.63, 3.8) is 0 Å². The lowest BCUT2D eigenvalue weighted by atomic mass is 10.4. The first-order valence-electron chi connectivity index (χ1n) is 3.51. The van der Waals surface area contributed by atoms with Gasteiger partial charge in [0.2, 0.25) is 0 Å². The lowest BCUT2D eigenvalue weighted by molar-refractivity contribution is 0.866. The Morgan fingerprint density at radius 2 is 2.55 bits per heavy atom. The van der Waals surface area contributed by atoms with E-state index in [4.69, 9.17) is 5.73 Å². The van der Waals surface area contributed by atoms with Gasteiger partial charge in [0.15, 0.2) is 0 Å². The van der Waals surface area contributed by atoms with E-state index in [1.165, 1.54) is 4.83 Å². The number of thiazole rings is 1. The predicted molar refractivity (Wildman–Crippen MR) is 45.8 cm³/mol. The zero-order chi connectivity index (χ0) is 7.68. The smallest absolute Gasteiger partial charge is 0.119 e. The molecule has 0 aliphatic rings. The lowest BCUT2D eigenvalue weighted by Gasteiger charge is -1.92. The van der Waals surface area contributed by atoms with Crippen molar-refractivity contribution in [1.29, 1.82) is 0 Å². The summed E-state index contributed by atoms with van der Waals surface area (Å²) in [4.78, 5) is 5.43. The van der Waals surface area contributed by atoms with Crippen LogP contribution in [0.4, 0.5) is 0 Å². The van der Waals surface area contributed by atoms with E-state index in [0.29, 0.717) is 6.54 Å². The molecule has 2 rings (SSSR count). The molecule has 2 aromatic heterocycles. The van der Waals surface area contributed by atoms with Gasteiger partial charge >= 0.3 is 0 Å². The zero-order valence-corrected chi connectivity index (χ0v) is 6.84. The first-order valence-corrected chi connectivity index (χ1v) is 4.39. The summed E-state index contributed by atoms with van der Waals surface area (Å²) in [5.41, 5.74) is 5.43. The van der Waals surface area contributed by atoms with Crippen LogP contribution in [0.5, 0.6) is 0 Å². The summed E-state index contributed by atoms with van der Waals surface area (Å²) in [6.07, 6.45) is 4.76. The summed E-state index contributed by atoms with van der Waals surface area (Å²) in [6.45, 7) is 0.662. The van der Waals surface area contributed by atoms with Crippen molar-refractivity contribution in [3.8, 4) is 0 Å². The summed E-state index contributed by atoms with van der Waals surface area (Å²) in [6, 6.07) is 0. The number of nitrogens with two attached hydrogens (primary N) is 1. The highest BCUT2D eigenvalue weighted by atomic mass is 32.1. The molecule has 11 heavy (non-hydrogen) atoms. The van der Waals surface area contributed by atoms with Crippen LogP contribution in [0.25, 0.3) is 4.83 Å². The number of nitrogens with zero attached hydrogens (tertiary/aromatic N) is 2. The van der Waals surface area contributed by atoms with E-state index in [1.807, 2.05) is 12.4 Å². The van der Waals surface area contributed by atoms with E-state index in [1.54, 1.807) is 11.3 Å². The summed E-state index contributed by atoms with van der Waals surface area (Å²) in [5, 5.41) is 2.05. The molecule has 58 valence electrons. The fourth-order valence-corrected chi connectivity index (χ4v) is 1.82. The van der Waals surface area contributed by atoms with Gasteiger partial charge in [0.05, 0.1) is 6.20 Å². The van der Waals surface area contributed by atoms with Gasteiger partial charge in [-0.25, -0.2) is 4.98 Å². The minimum absolute atomic E-state index is 0.662. The van der Waals surface area contributed by atoms with Gasteiger partial charge in [-0.15, -0.1) is 11.3 Å². The molecule has 0 fully saturated rings. The van der Waals surface area contributed by atoms with Crippen LogP contribution in [0.15, 0.2) is 17.8 Å². The summed E-state index contributed by atoms with van der Waals surface area (Å²) in [5.74, 6) is 1.06. The molecule has 0 aliphatic carbocycles. The zero-order valence-electron chi connectivity index (χ0n) is 6.03. The lowest BCUT2D eigenvalue weighted by Crippen LogP contribution is -2.05.